The molecule has 128 valence electrons. The van der Waals surface area contributed by atoms with Gasteiger partial charge in [-0.15, -0.1) is 5.10 Å². The van der Waals surface area contributed by atoms with Gasteiger partial charge in [-0.25, -0.2) is 4.39 Å². The van der Waals surface area contributed by atoms with Gasteiger partial charge in [-0.3, -0.25) is 0 Å². The lowest BCUT2D eigenvalue weighted by molar-refractivity contribution is 0.284. The van der Waals surface area contributed by atoms with E-state index in [9.17, 15) is 4.39 Å². The van der Waals surface area contributed by atoms with Gasteiger partial charge in [0, 0.05) is 6.08 Å². The third-order valence-corrected chi connectivity index (χ3v) is 3.35. The normalized spacial score (nSPS) is 11.0. The smallest absolute Gasteiger partial charge is 0.313 e. The molecule has 0 amide bonds. The number of aromatic nitrogens is 2. The Morgan fingerprint density at radius 2 is 2.00 bits per heavy atom. The molecule has 0 radical (unpaired) electrons. The van der Waals surface area contributed by atoms with Gasteiger partial charge >= 0.3 is 6.01 Å². The molecule has 0 saturated heterocycles. The predicted molar refractivity (Wildman–Crippen MR) is 91.4 cm³/mol. The first kappa shape index (κ1) is 16.5. The zero-order valence-corrected chi connectivity index (χ0v) is 13.5. The second kappa shape index (κ2) is 7.48. The van der Waals surface area contributed by atoms with Crippen LogP contribution in [0, 0.1) is 5.82 Å². The van der Waals surface area contributed by atoms with E-state index in [0.29, 0.717) is 17.4 Å². The number of hydrogen-bond acceptors (Lipinski definition) is 6. The molecule has 3 rings (SSSR count). The van der Waals surface area contributed by atoms with Crippen LogP contribution in [0.2, 0.25) is 0 Å². The predicted octanol–water partition coefficient (Wildman–Crippen LogP) is 3.55. The quantitative estimate of drug-likeness (QED) is 0.738. The van der Waals surface area contributed by atoms with Crippen molar-refractivity contribution in [1.29, 1.82) is 0 Å². The van der Waals surface area contributed by atoms with E-state index in [1.165, 1.54) is 12.1 Å². The van der Waals surface area contributed by atoms with E-state index in [0.717, 1.165) is 11.1 Å². The fraction of sp³-hybridized carbons (Fsp3) is 0.111. The SMILES string of the molecule is COc1cc(/C=C/c2nnc(N)o2)ccc1OCc1cccc(F)c1. The third kappa shape index (κ3) is 4.35. The van der Waals surface area contributed by atoms with Gasteiger partial charge in [0.2, 0.25) is 5.89 Å². The largest absolute Gasteiger partial charge is 0.493 e. The topological polar surface area (TPSA) is 83.4 Å². The highest BCUT2D eigenvalue weighted by atomic mass is 19.1. The van der Waals surface area contributed by atoms with Crippen LogP contribution in [-0.2, 0) is 6.61 Å². The minimum absolute atomic E-state index is 0.0123. The summed E-state index contributed by atoms with van der Waals surface area (Å²) < 4.78 is 29.3. The average Bonchev–Trinajstić information content (AvgIpc) is 3.04. The van der Waals surface area contributed by atoms with Gasteiger partial charge in [0.05, 0.1) is 7.11 Å². The summed E-state index contributed by atoms with van der Waals surface area (Å²) in [5.41, 5.74) is 6.96. The van der Waals surface area contributed by atoms with E-state index in [1.807, 2.05) is 6.07 Å². The van der Waals surface area contributed by atoms with Crippen molar-refractivity contribution in [3.8, 4) is 11.5 Å². The van der Waals surface area contributed by atoms with E-state index in [1.54, 1.807) is 43.5 Å². The summed E-state index contributed by atoms with van der Waals surface area (Å²) in [6.07, 6.45) is 3.43. The first-order chi connectivity index (χ1) is 12.1. The van der Waals surface area contributed by atoms with Crippen molar-refractivity contribution in [1.82, 2.24) is 10.2 Å². The number of nitrogens with zero attached hydrogens (tertiary/aromatic N) is 2. The van der Waals surface area contributed by atoms with Crippen LogP contribution in [0.15, 0.2) is 46.9 Å². The maximum atomic E-state index is 13.2. The number of nitrogens with two attached hydrogens (primary N) is 1. The summed E-state index contributed by atoms with van der Waals surface area (Å²) in [4.78, 5) is 0. The van der Waals surface area contributed by atoms with Gasteiger partial charge in [0.15, 0.2) is 11.5 Å². The molecule has 3 aromatic rings. The van der Waals surface area contributed by atoms with Crippen molar-refractivity contribution < 1.29 is 18.3 Å². The van der Waals surface area contributed by atoms with Gasteiger partial charge in [0.1, 0.15) is 12.4 Å². The Labute approximate surface area is 143 Å². The van der Waals surface area contributed by atoms with Crippen LogP contribution in [0.1, 0.15) is 17.0 Å². The molecule has 0 spiro atoms. The third-order valence-electron chi connectivity index (χ3n) is 3.35. The molecule has 0 saturated carbocycles. The lowest BCUT2D eigenvalue weighted by atomic mass is 10.2. The summed E-state index contributed by atoms with van der Waals surface area (Å²) in [7, 11) is 1.55. The molecule has 0 bridgehead atoms. The highest BCUT2D eigenvalue weighted by Crippen LogP contribution is 2.29. The summed E-state index contributed by atoms with van der Waals surface area (Å²) >= 11 is 0. The zero-order chi connectivity index (χ0) is 17.6. The van der Waals surface area contributed by atoms with E-state index >= 15 is 0 Å². The first-order valence-electron chi connectivity index (χ1n) is 7.46. The number of anilines is 1. The van der Waals surface area contributed by atoms with E-state index < -0.39 is 0 Å². The number of benzene rings is 2. The number of hydrogen-bond donors (Lipinski definition) is 1. The first-order valence-corrected chi connectivity index (χ1v) is 7.46. The molecule has 0 aliphatic carbocycles. The number of rotatable bonds is 6. The molecule has 0 aliphatic heterocycles. The van der Waals surface area contributed by atoms with Crippen molar-refractivity contribution >= 4 is 18.2 Å². The Balaban J connectivity index is 1.72. The van der Waals surface area contributed by atoms with Crippen LogP contribution in [-0.4, -0.2) is 17.3 Å². The van der Waals surface area contributed by atoms with Gasteiger partial charge in [0.25, 0.3) is 0 Å². The molecule has 2 aromatic carbocycles. The molecule has 0 aliphatic rings. The lowest BCUT2D eigenvalue weighted by Gasteiger charge is -2.11. The van der Waals surface area contributed by atoms with Crippen molar-refractivity contribution in [3.05, 3.63) is 65.3 Å². The fourth-order valence-electron chi connectivity index (χ4n) is 2.18. The van der Waals surface area contributed by atoms with Crippen molar-refractivity contribution in [2.45, 2.75) is 6.61 Å². The van der Waals surface area contributed by atoms with Crippen LogP contribution in [0.3, 0.4) is 0 Å². The van der Waals surface area contributed by atoms with Gasteiger partial charge in [-0.2, -0.15) is 0 Å². The Morgan fingerprint density at radius 1 is 1.12 bits per heavy atom. The van der Waals surface area contributed by atoms with Gasteiger partial charge in [-0.05, 0) is 41.5 Å². The maximum absolute atomic E-state index is 13.2. The Bertz CT molecular complexity index is 893. The Hall–Kier alpha value is -3.35. The minimum atomic E-state index is -0.296. The Morgan fingerprint density at radius 3 is 2.72 bits per heavy atom. The fourth-order valence-corrected chi connectivity index (χ4v) is 2.18. The molecule has 6 nitrogen and oxygen atoms in total. The summed E-state index contributed by atoms with van der Waals surface area (Å²) in [5, 5.41) is 7.32. The summed E-state index contributed by atoms with van der Waals surface area (Å²) in [6.45, 7) is 0.241. The van der Waals surface area contributed by atoms with Crippen molar-refractivity contribution in [3.63, 3.8) is 0 Å². The molecule has 0 atom stereocenters. The molecule has 1 heterocycles. The molecule has 0 fully saturated rings. The second-order valence-corrected chi connectivity index (χ2v) is 5.14. The molecular formula is C18H16FN3O3. The van der Waals surface area contributed by atoms with Crippen LogP contribution in [0.25, 0.3) is 12.2 Å². The number of nitrogen functional groups attached to an aromatic ring is 1. The van der Waals surface area contributed by atoms with Crippen LogP contribution < -0.4 is 15.2 Å². The molecular weight excluding hydrogens is 325 g/mol. The van der Waals surface area contributed by atoms with Crippen LogP contribution in [0.5, 0.6) is 11.5 Å². The van der Waals surface area contributed by atoms with Crippen LogP contribution in [0.4, 0.5) is 10.4 Å². The summed E-state index contributed by atoms with van der Waals surface area (Å²) in [6, 6.07) is 11.7. The second-order valence-electron chi connectivity index (χ2n) is 5.14. The zero-order valence-electron chi connectivity index (χ0n) is 13.5. The Kier molecular flexibility index (Phi) is 4.94. The molecule has 2 N–H and O–H groups in total. The molecule has 1 aromatic heterocycles. The van der Waals surface area contributed by atoms with E-state index in [-0.39, 0.29) is 18.4 Å². The molecule has 7 heteroatoms. The number of ether oxygens (including phenoxy) is 2. The summed E-state index contributed by atoms with van der Waals surface area (Å²) in [5.74, 6) is 1.13. The van der Waals surface area contributed by atoms with Crippen LogP contribution >= 0.6 is 0 Å². The van der Waals surface area contributed by atoms with Crippen molar-refractivity contribution in [2.75, 3.05) is 12.8 Å². The van der Waals surface area contributed by atoms with Gasteiger partial charge < -0.3 is 19.6 Å². The molecule has 0 unspecified atom stereocenters. The minimum Gasteiger partial charge on any atom is -0.493 e. The van der Waals surface area contributed by atoms with E-state index in [4.69, 9.17) is 19.6 Å². The van der Waals surface area contributed by atoms with E-state index in [2.05, 4.69) is 10.2 Å². The number of methoxy groups -OCH3 is 1. The number of halogens is 1. The van der Waals surface area contributed by atoms with Gasteiger partial charge in [-0.1, -0.05) is 23.3 Å². The highest BCUT2D eigenvalue weighted by Gasteiger charge is 2.06. The monoisotopic (exact) mass is 341 g/mol. The maximum Gasteiger partial charge on any atom is 0.313 e. The van der Waals surface area contributed by atoms with Crippen molar-refractivity contribution in [2.24, 2.45) is 0 Å². The standard InChI is InChI=1S/C18H16FN3O3/c1-23-16-10-12(6-8-17-21-22-18(20)25-17)5-7-15(16)24-11-13-3-2-4-14(19)9-13/h2-10H,11H2,1H3,(H2,20,22)/b8-6+. The lowest BCUT2D eigenvalue weighted by Crippen LogP contribution is -1.98. The average molecular weight is 341 g/mol. The molecule has 25 heavy (non-hydrogen) atoms. The highest BCUT2D eigenvalue weighted by molar-refractivity contribution is 5.68.